The third-order valence-electron chi connectivity index (χ3n) is 5.89. The quantitative estimate of drug-likeness (QED) is 0.358. The van der Waals surface area contributed by atoms with E-state index in [2.05, 4.69) is 66.6 Å². The van der Waals surface area contributed by atoms with Crippen LogP contribution in [0.4, 0.5) is 4.39 Å². The molecule has 4 aromatic rings. The third-order valence-corrected chi connectivity index (χ3v) is 5.89. The molecule has 0 atom stereocenters. The highest BCUT2D eigenvalue weighted by Crippen LogP contribution is 2.37. The fraction of sp³-hybridized carbons (Fsp3) is 0.308. The van der Waals surface area contributed by atoms with Crippen LogP contribution < -0.4 is 4.74 Å². The summed E-state index contributed by atoms with van der Waals surface area (Å²) < 4.78 is 22.0. The van der Waals surface area contributed by atoms with E-state index < -0.39 is 0 Å². The number of hydrogen-bond donors (Lipinski definition) is 0. The fourth-order valence-corrected chi connectivity index (χ4v) is 4.24. The van der Waals surface area contributed by atoms with Gasteiger partial charge in [-0.3, -0.25) is 0 Å². The molecule has 3 nitrogen and oxygen atoms in total. The van der Waals surface area contributed by atoms with Crippen molar-refractivity contribution in [3.8, 4) is 5.75 Å². The molecule has 0 saturated carbocycles. The molecule has 0 aliphatic carbocycles. The van der Waals surface area contributed by atoms with Crippen molar-refractivity contribution in [3.63, 3.8) is 0 Å². The van der Waals surface area contributed by atoms with Crippen LogP contribution in [0.3, 0.4) is 0 Å². The number of ether oxygens (including phenoxy) is 1. The zero-order valence-electron chi connectivity index (χ0n) is 18.0. The molecule has 0 unspecified atom stereocenters. The first-order valence-corrected chi connectivity index (χ1v) is 10.7. The molecule has 0 radical (unpaired) electrons. The summed E-state index contributed by atoms with van der Waals surface area (Å²) in [5, 5.41) is 2.35. The molecule has 0 amide bonds. The zero-order chi connectivity index (χ0) is 21.1. The second-order valence-electron chi connectivity index (χ2n) is 7.71. The maximum atomic E-state index is 13.4. The molecular weight excluding hydrogens is 375 g/mol. The summed E-state index contributed by atoms with van der Waals surface area (Å²) in [5.74, 6) is 0.717. The van der Waals surface area contributed by atoms with E-state index in [1.54, 1.807) is 0 Å². The van der Waals surface area contributed by atoms with Crippen LogP contribution in [-0.4, -0.2) is 35.7 Å². The number of halogens is 1. The smallest absolute Gasteiger partial charge is 0.129 e. The first-order valence-electron chi connectivity index (χ1n) is 10.7. The number of fused-ring (bicyclic) bond motifs is 3. The van der Waals surface area contributed by atoms with Crippen molar-refractivity contribution in [2.24, 2.45) is 0 Å². The Bertz CT molecular complexity index is 1140. The van der Waals surface area contributed by atoms with Crippen LogP contribution in [-0.2, 0) is 6.54 Å². The van der Waals surface area contributed by atoms with E-state index in [0.29, 0.717) is 13.2 Å². The van der Waals surface area contributed by atoms with Crippen LogP contribution in [0, 0.1) is 12.7 Å². The molecule has 4 rings (SSSR count). The molecule has 0 bridgehead atoms. The minimum Gasteiger partial charge on any atom is -0.492 e. The molecule has 1 heterocycles. The van der Waals surface area contributed by atoms with Gasteiger partial charge in [-0.05, 0) is 55.4 Å². The molecule has 0 saturated heterocycles. The maximum Gasteiger partial charge on any atom is 0.129 e. The van der Waals surface area contributed by atoms with Gasteiger partial charge in [-0.2, -0.15) is 0 Å². The minimum atomic E-state index is -0.207. The Morgan fingerprint density at radius 1 is 0.933 bits per heavy atom. The van der Waals surface area contributed by atoms with Gasteiger partial charge in [-0.25, -0.2) is 4.39 Å². The molecule has 3 aromatic carbocycles. The van der Waals surface area contributed by atoms with Gasteiger partial charge in [-0.15, -0.1) is 0 Å². The van der Waals surface area contributed by atoms with Crippen LogP contribution in [0.15, 0.2) is 60.7 Å². The highest BCUT2D eigenvalue weighted by Gasteiger charge is 2.16. The summed E-state index contributed by atoms with van der Waals surface area (Å²) in [6.07, 6.45) is 0. The molecule has 0 aliphatic rings. The Morgan fingerprint density at radius 2 is 1.67 bits per heavy atom. The average Bonchev–Trinajstić information content (AvgIpc) is 3.08. The Morgan fingerprint density at radius 3 is 2.40 bits per heavy atom. The molecular formula is C26H29FN2O. The molecule has 0 fully saturated rings. The van der Waals surface area contributed by atoms with Crippen molar-refractivity contribution in [1.82, 2.24) is 9.47 Å². The first-order chi connectivity index (χ1) is 14.6. The molecule has 0 N–H and O–H groups in total. The number of aromatic nitrogens is 1. The second-order valence-corrected chi connectivity index (χ2v) is 7.71. The van der Waals surface area contributed by atoms with Crippen LogP contribution >= 0.6 is 0 Å². The van der Waals surface area contributed by atoms with Gasteiger partial charge in [0.1, 0.15) is 18.2 Å². The normalized spacial score (nSPS) is 11.6. The summed E-state index contributed by atoms with van der Waals surface area (Å²) in [6, 6.07) is 19.5. The number of hydrogen-bond acceptors (Lipinski definition) is 2. The molecule has 4 heteroatoms. The molecule has 0 spiro atoms. The van der Waals surface area contributed by atoms with E-state index >= 15 is 0 Å². The highest BCUT2D eigenvalue weighted by atomic mass is 19.1. The molecule has 0 aliphatic heterocycles. The van der Waals surface area contributed by atoms with E-state index in [0.717, 1.165) is 41.9 Å². The number of benzene rings is 3. The van der Waals surface area contributed by atoms with Gasteiger partial charge >= 0.3 is 0 Å². The number of para-hydroxylation sites is 1. The number of nitrogens with zero attached hydrogens (tertiary/aromatic N) is 2. The van der Waals surface area contributed by atoms with Crippen molar-refractivity contribution in [1.29, 1.82) is 0 Å². The topological polar surface area (TPSA) is 17.4 Å². The van der Waals surface area contributed by atoms with E-state index in [4.69, 9.17) is 4.74 Å². The summed E-state index contributed by atoms with van der Waals surface area (Å²) in [4.78, 5) is 2.36. The van der Waals surface area contributed by atoms with Gasteiger partial charge < -0.3 is 14.2 Å². The summed E-state index contributed by atoms with van der Waals surface area (Å²) in [7, 11) is 0. The first kappa shape index (κ1) is 20.4. The SMILES string of the molecule is CCN(CC)CCOc1cccc2c1c1cccc(C)c1n2Cc1ccc(F)cc1. The predicted octanol–water partition coefficient (Wildman–Crippen LogP) is 6.01. The van der Waals surface area contributed by atoms with Crippen molar-refractivity contribution in [2.75, 3.05) is 26.2 Å². The Kier molecular flexibility index (Phi) is 6.05. The lowest BCUT2D eigenvalue weighted by Gasteiger charge is -2.18. The summed E-state index contributed by atoms with van der Waals surface area (Å²) >= 11 is 0. The lowest BCUT2D eigenvalue weighted by molar-refractivity contribution is 0.224. The Hall–Kier alpha value is -2.85. The number of likely N-dealkylation sites (N-methyl/N-ethyl adjacent to an activating group) is 1. The van der Waals surface area contributed by atoms with Gasteiger partial charge in [-0.1, -0.05) is 50.2 Å². The lowest BCUT2D eigenvalue weighted by atomic mass is 10.1. The molecule has 30 heavy (non-hydrogen) atoms. The third kappa shape index (κ3) is 3.92. The van der Waals surface area contributed by atoms with Gasteiger partial charge in [0.25, 0.3) is 0 Å². The second kappa shape index (κ2) is 8.88. The van der Waals surface area contributed by atoms with Gasteiger partial charge in [0.2, 0.25) is 0 Å². The standard InChI is InChI=1S/C26H29FN2O/c1-4-28(5-2)16-17-30-24-11-7-10-23-25(24)22-9-6-8-19(3)26(22)29(23)18-20-12-14-21(27)15-13-20/h6-15H,4-5,16-18H2,1-3H3. The molecule has 1 aromatic heterocycles. The van der Waals surface area contributed by atoms with E-state index in [-0.39, 0.29) is 5.82 Å². The molecule has 156 valence electrons. The van der Waals surface area contributed by atoms with Gasteiger partial charge in [0, 0.05) is 23.9 Å². The van der Waals surface area contributed by atoms with E-state index in [1.807, 2.05) is 12.1 Å². The zero-order valence-corrected chi connectivity index (χ0v) is 18.0. The monoisotopic (exact) mass is 404 g/mol. The van der Waals surface area contributed by atoms with Crippen LogP contribution in [0.5, 0.6) is 5.75 Å². The van der Waals surface area contributed by atoms with Crippen molar-refractivity contribution < 1.29 is 9.13 Å². The van der Waals surface area contributed by atoms with Crippen LogP contribution in [0.2, 0.25) is 0 Å². The van der Waals surface area contributed by atoms with Crippen LogP contribution in [0.25, 0.3) is 21.8 Å². The number of aryl methyl sites for hydroxylation is 1. The fourth-order valence-electron chi connectivity index (χ4n) is 4.24. The van der Waals surface area contributed by atoms with E-state index in [1.165, 1.54) is 28.6 Å². The number of rotatable bonds is 8. The lowest BCUT2D eigenvalue weighted by Crippen LogP contribution is -2.27. The summed E-state index contributed by atoms with van der Waals surface area (Å²) in [5.41, 5.74) is 4.65. The maximum absolute atomic E-state index is 13.4. The van der Waals surface area contributed by atoms with Crippen molar-refractivity contribution >= 4 is 21.8 Å². The van der Waals surface area contributed by atoms with E-state index in [9.17, 15) is 4.39 Å². The largest absolute Gasteiger partial charge is 0.492 e. The summed E-state index contributed by atoms with van der Waals surface area (Å²) in [6.45, 7) is 10.8. The van der Waals surface area contributed by atoms with Crippen LogP contribution in [0.1, 0.15) is 25.0 Å². The Labute approximate surface area is 177 Å². The Balaban J connectivity index is 1.78. The van der Waals surface area contributed by atoms with Gasteiger partial charge in [0.05, 0.1) is 11.0 Å². The van der Waals surface area contributed by atoms with Crippen molar-refractivity contribution in [3.05, 3.63) is 77.6 Å². The predicted molar refractivity (Wildman–Crippen MR) is 123 cm³/mol. The van der Waals surface area contributed by atoms with Gasteiger partial charge in [0.15, 0.2) is 0 Å². The average molecular weight is 405 g/mol. The van der Waals surface area contributed by atoms with Crippen molar-refractivity contribution in [2.45, 2.75) is 27.3 Å². The minimum absolute atomic E-state index is 0.207. The highest BCUT2D eigenvalue weighted by molar-refractivity contribution is 6.12.